The summed E-state index contributed by atoms with van der Waals surface area (Å²) < 4.78 is 1.65. The van der Waals surface area contributed by atoms with Gasteiger partial charge in [-0.25, -0.2) is 4.98 Å². The van der Waals surface area contributed by atoms with Gasteiger partial charge >= 0.3 is 0 Å². The second-order valence-corrected chi connectivity index (χ2v) is 6.39. The van der Waals surface area contributed by atoms with Gasteiger partial charge in [0.25, 0.3) is 5.56 Å². The van der Waals surface area contributed by atoms with Crippen LogP contribution in [0.1, 0.15) is 48.1 Å². The molecule has 0 unspecified atom stereocenters. The van der Waals surface area contributed by atoms with Crippen LogP contribution in [0.2, 0.25) is 0 Å². The molecule has 0 aromatic carbocycles. The van der Waals surface area contributed by atoms with Crippen molar-refractivity contribution in [3.05, 3.63) is 75.6 Å². The molecule has 0 bridgehead atoms. The number of aryl methyl sites for hydroxylation is 1. The van der Waals surface area contributed by atoms with Crippen LogP contribution in [0.5, 0.6) is 0 Å². The highest BCUT2D eigenvalue weighted by atomic mass is 16.1. The maximum atomic E-state index is 12.8. The molecule has 3 heterocycles. The summed E-state index contributed by atoms with van der Waals surface area (Å²) in [5.41, 5.74) is 4.41. The van der Waals surface area contributed by atoms with Gasteiger partial charge in [0, 0.05) is 35.3 Å². The third-order valence-corrected chi connectivity index (χ3v) is 4.63. The molecule has 4 heteroatoms. The van der Waals surface area contributed by atoms with Crippen molar-refractivity contribution in [2.75, 3.05) is 0 Å². The summed E-state index contributed by atoms with van der Waals surface area (Å²) in [4.78, 5) is 21.6. The first kappa shape index (κ1) is 15.6. The fourth-order valence-electron chi connectivity index (χ4n) is 3.28. The van der Waals surface area contributed by atoms with Gasteiger partial charge in [0.15, 0.2) is 0 Å². The van der Waals surface area contributed by atoms with E-state index < -0.39 is 0 Å². The molecule has 0 saturated carbocycles. The molecule has 0 radical (unpaired) electrons. The van der Waals surface area contributed by atoms with Gasteiger partial charge in [-0.15, -0.1) is 0 Å². The molecule has 3 aromatic rings. The molecule has 1 aliphatic rings. The minimum absolute atomic E-state index is 0.0792. The lowest BCUT2D eigenvalue weighted by Gasteiger charge is -2.13. The molecule has 0 aliphatic heterocycles. The molecular weight excluding hydrogens is 310 g/mol. The van der Waals surface area contributed by atoms with Crippen molar-refractivity contribution in [2.24, 2.45) is 0 Å². The molecule has 124 valence electrons. The molecule has 0 atom stereocenters. The van der Waals surface area contributed by atoms with Crippen molar-refractivity contribution in [1.29, 1.82) is 0 Å². The monoisotopic (exact) mass is 329 g/mol. The van der Waals surface area contributed by atoms with Gasteiger partial charge in [0.1, 0.15) is 5.65 Å². The summed E-state index contributed by atoms with van der Waals surface area (Å²) in [5.74, 6) is 6.26. The van der Waals surface area contributed by atoms with Crippen molar-refractivity contribution in [1.82, 2.24) is 14.4 Å². The number of rotatable bonds is 0. The van der Waals surface area contributed by atoms with Crippen LogP contribution in [0, 0.1) is 11.8 Å². The van der Waals surface area contributed by atoms with Gasteiger partial charge < -0.3 is 0 Å². The zero-order valence-electron chi connectivity index (χ0n) is 14.0. The van der Waals surface area contributed by atoms with Crippen LogP contribution < -0.4 is 5.56 Å². The Labute approximate surface area is 146 Å². The molecule has 0 fully saturated rings. The Kier molecular flexibility index (Phi) is 4.30. The molecule has 0 N–H and O–H groups in total. The van der Waals surface area contributed by atoms with E-state index in [1.807, 2.05) is 24.3 Å². The molecule has 0 spiro atoms. The fourth-order valence-corrected chi connectivity index (χ4v) is 3.28. The maximum Gasteiger partial charge on any atom is 0.261 e. The predicted octanol–water partition coefficient (Wildman–Crippen LogP) is 3.15. The third-order valence-electron chi connectivity index (χ3n) is 4.63. The highest BCUT2D eigenvalue weighted by Gasteiger charge is 2.14. The van der Waals surface area contributed by atoms with Crippen LogP contribution in [0.3, 0.4) is 0 Å². The molecule has 4 nitrogen and oxygen atoms in total. The van der Waals surface area contributed by atoms with Crippen LogP contribution in [-0.2, 0) is 12.8 Å². The molecule has 4 rings (SSSR count). The number of hydrogen-bond donors (Lipinski definition) is 0. The summed E-state index contributed by atoms with van der Waals surface area (Å²) in [6.45, 7) is 0. The Morgan fingerprint density at radius 1 is 0.920 bits per heavy atom. The average molecular weight is 329 g/mol. The topological polar surface area (TPSA) is 47.3 Å². The number of fused-ring (bicyclic) bond motifs is 2. The molecule has 1 aliphatic carbocycles. The molecule has 0 saturated heterocycles. The largest absolute Gasteiger partial charge is 0.269 e. The summed E-state index contributed by atoms with van der Waals surface area (Å²) >= 11 is 0. The second kappa shape index (κ2) is 6.90. The quantitative estimate of drug-likeness (QED) is 0.595. The van der Waals surface area contributed by atoms with E-state index in [1.165, 1.54) is 12.8 Å². The number of aromatic nitrogens is 3. The van der Waals surface area contributed by atoms with Crippen molar-refractivity contribution in [2.45, 2.75) is 38.5 Å². The van der Waals surface area contributed by atoms with E-state index in [1.54, 1.807) is 23.0 Å². The fraction of sp³-hybridized carbons (Fsp3) is 0.286. The Bertz CT molecular complexity index is 1030. The van der Waals surface area contributed by atoms with E-state index in [-0.39, 0.29) is 5.56 Å². The number of nitrogens with zero attached hydrogens (tertiary/aromatic N) is 3. The van der Waals surface area contributed by atoms with E-state index in [4.69, 9.17) is 4.98 Å². The molecule has 0 amide bonds. The summed E-state index contributed by atoms with van der Waals surface area (Å²) in [5, 5.41) is 0. The van der Waals surface area contributed by atoms with Crippen molar-refractivity contribution in [3.63, 3.8) is 0 Å². The first-order valence-corrected chi connectivity index (χ1v) is 8.77. The van der Waals surface area contributed by atoms with Gasteiger partial charge in [-0.1, -0.05) is 24.7 Å². The molecular formula is C21H19N3O. The van der Waals surface area contributed by atoms with Gasteiger partial charge in [-0.2, -0.15) is 0 Å². The van der Waals surface area contributed by atoms with Crippen LogP contribution >= 0.6 is 0 Å². The van der Waals surface area contributed by atoms with Crippen molar-refractivity contribution < 1.29 is 0 Å². The predicted molar refractivity (Wildman–Crippen MR) is 97.6 cm³/mol. The molecule has 25 heavy (non-hydrogen) atoms. The minimum atomic E-state index is 0.0792. The second-order valence-electron chi connectivity index (χ2n) is 6.39. The summed E-state index contributed by atoms with van der Waals surface area (Å²) in [6.07, 6.45) is 11.6. The summed E-state index contributed by atoms with van der Waals surface area (Å²) in [7, 11) is 0. The van der Waals surface area contributed by atoms with Crippen LogP contribution in [0.15, 0.2) is 47.7 Å². The van der Waals surface area contributed by atoms with Crippen molar-refractivity contribution >= 4 is 5.65 Å². The van der Waals surface area contributed by atoms with Crippen LogP contribution in [0.4, 0.5) is 0 Å². The lowest BCUT2D eigenvalue weighted by molar-refractivity contribution is 0.603. The SMILES string of the molecule is O=c1c2c(nc3cc(C#Cc4ccncc4)ccn13)CCCCCC2. The van der Waals surface area contributed by atoms with Gasteiger partial charge in [-0.05, 0) is 49.9 Å². The van der Waals surface area contributed by atoms with E-state index in [2.05, 4.69) is 16.8 Å². The zero-order chi connectivity index (χ0) is 17.1. The van der Waals surface area contributed by atoms with E-state index in [0.29, 0.717) is 5.65 Å². The first-order valence-electron chi connectivity index (χ1n) is 8.77. The smallest absolute Gasteiger partial charge is 0.261 e. The Hall–Kier alpha value is -2.93. The number of pyridine rings is 2. The Morgan fingerprint density at radius 3 is 2.52 bits per heavy atom. The van der Waals surface area contributed by atoms with E-state index >= 15 is 0 Å². The van der Waals surface area contributed by atoms with Gasteiger partial charge in [-0.3, -0.25) is 14.2 Å². The van der Waals surface area contributed by atoms with Crippen LogP contribution in [0.25, 0.3) is 5.65 Å². The first-order chi connectivity index (χ1) is 12.3. The lowest BCUT2D eigenvalue weighted by atomic mass is 9.98. The van der Waals surface area contributed by atoms with Crippen molar-refractivity contribution in [3.8, 4) is 11.8 Å². The van der Waals surface area contributed by atoms with E-state index in [0.717, 1.165) is 48.1 Å². The maximum absolute atomic E-state index is 12.8. The number of hydrogen-bond acceptors (Lipinski definition) is 3. The Morgan fingerprint density at radius 2 is 1.68 bits per heavy atom. The Balaban J connectivity index is 1.77. The molecule has 3 aromatic heterocycles. The lowest BCUT2D eigenvalue weighted by Crippen LogP contribution is -2.23. The zero-order valence-corrected chi connectivity index (χ0v) is 14.0. The third kappa shape index (κ3) is 3.32. The average Bonchev–Trinajstić information content (AvgIpc) is 2.62. The van der Waals surface area contributed by atoms with Crippen LogP contribution in [-0.4, -0.2) is 14.4 Å². The van der Waals surface area contributed by atoms with Gasteiger partial charge in [0.05, 0.1) is 5.69 Å². The minimum Gasteiger partial charge on any atom is -0.269 e. The highest BCUT2D eigenvalue weighted by Crippen LogP contribution is 2.17. The summed E-state index contributed by atoms with van der Waals surface area (Å²) in [6, 6.07) is 7.52. The standard InChI is InChI=1S/C21H19N3O/c25-21-18-5-3-1-2-4-6-19(18)23-20-15-17(11-14-24(20)21)8-7-16-9-12-22-13-10-16/h9-15H,1-6H2. The van der Waals surface area contributed by atoms with E-state index in [9.17, 15) is 4.79 Å². The van der Waals surface area contributed by atoms with Gasteiger partial charge in [0.2, 0.25) is 0 Å². The highest BCUT2D eigenvalue weighted by molar-refractivity contribution is 5.50. The normalized spacial score (nSPS) is 14.1.